The summed E-state index contributed by atoms with van der Waals surface area (Å²) in [6.45, 7) is -0.0635. The molecule has 1 aromatic heterocycles. The lowest BCUT2D eigenvalue weighted by Crippen LogP contribution is -2.59. The highest BCUT2D eigenvalue weighted by atomic mass is 19.1. The van der Waals surface area contributed by atoms with E-state index in [2.05, 4.69) is 107 Å². The Labute approximate surface area is 263 Å². The molecule has 0 amide bonds. The Morgan fingerprint density at radius 3 is 1.98 bits per heavy atom. The topological polar surface area (TPSA) is 17.4 Å². The van der Waals surface area contributed by atoms with Gasteiger partial charge in [0.25, 0.3) is 6.71 Å². The van der Waals surface area contributed by atoms with Gasteiger partial charge in [-0.3, -0.25) is 0 Å². The zero-order valence-electron chi connectivity index (χ0n) is 24.4. The van der Waals surface area contributed by atoms with Crippen LogP contribution in [0, 0.1) is 11.6 Å². The molecule has 0 spiro atoms. The van der Waals surface area contributed by atoms with Crippen LogP contribution in [0.4, 0.5) is 25.8 Å². The van der Waals surface area contributed by atoms with Crippen LogP contribution in [0.5, 0.6) is 11.5 Å². The second-order valence-corrected chi connectivity index (χ2v) is 12.0. The molecule has 0 radical (unpaired) electrons. The number of hydrogen-bond donors (Lipinski definition) is 0. The molecule has 7 aromatic carbocycles. The molecule has 0 saturated heterocycles. The molecule has 216 valence electrons. The summed E-state index contributed by atoms with van der Waals surface area (Å²) in [6.07, 6.45) is 0. The van der Waals surface area contributed by atoms with Crippen molar-refractivity contribution in [3.05, 3.63) is 151 Å². The van der Waals surface area contributed by atoms with E-state index in [0.717, 1.165) is 56.2 Å². The van der Waals surface area contributed by atoms with Gasteiger partial charge in [-0.2, -0.15) is 0 Å². The molecule has 2 aliphatic rings. The van der Waals surface area contributed by atoms with Gasteiger partial charge >= 0.3 is 0 Å². The molecule has 2 aliphatic heterocycles. The summed E-state index contributed by atoms with van der Waals surface area (Å²) in [6, 6.07) is 45.3. The van der Waals surface area contributed by atoms with Gasteiger partial charge in [0.05, 0.1) is 16.7 Å². The molecule has 0 bridgehead atoms. The van der Waals surface area contributed by atoms with Crippen LogP contribution in [0.3, 0.4) is 0 Å². The fourth-order valence-electron chi connectivity index (χ4n) is 7.69. The van der Waals surface area contributed by atoms with Crippen molar-refractivity contribution in [2.75, 3.05) is 4.90 Å². The van der Waals surface area contributed by atoms with Gasteiger partial charge in [0, 0.05) is 33.9 Å². The standard InChI is InChI=1S/C40H23BF2N2O/c42-25-15-17-33-30(20-25)31-21-26(43)16-18-34(31)45(33)28-22-36-40-38(23-28)46-37-19-14-24-8-4-5-11-29(24)39(37)41(40)32-12-6-7-13-35(32)44(36)27-9-2-1-3-10-27/h1-23H. The Balaban J connectivity index is 1.33. The number of ether oxygens (including phenoxy) is 1. The van der Waals surface area contributed by atoms with Crippen LogP contribution in [0.1, 0.15) is 0 Å². The molecule has 0 unspecified atom stereocenters. The largest absolute Gasteiger partial charge is 0.458 e. The zero-order valence-corrected chi connectivity index (χ0v) is 24.4. The number of rotatable bonds is 2. The van der Waals surface area contributed by atoms with Gasteiger partial charge in [-0.15, -0.1) is 0 Å². The maximum absolute atomic E-state index is 14.6. The zero-order chi connectivity index (χ0) is 30.5. The fraction of sp³-hybridized carbons (Fsp3) is 0. The molecule has 0 aliphatic carbocycles. The van der Waals surface area contributed by atoms with Gasteiger partial charge in [0.2, 0.25) is 0 Å². The van der Waals surface area contributed by atoms with Gasteiger partial charge < -0.3 is 14.2 Å². The number of anilines is 3. The summed E-state index contributed by atoms with van der Waals surface area (Å²) in [4.78, 5) is 2.31. The molecular weight excluding hydrogens is 573 g/mol. The summed E-state index contributed by atoms with van der Waals surface area (Å²) in [5, 5.41) is 3.64. The Morgan fingerprint density at radius 2 is 1.20 bits per heavy atom. The normalized spacial score (nSPS) is 13.1. The number of benzene rings is 7. The molecular formula is C40H23BF2N2O. The van der Waals surface area contributed by atoms with Crippen molar-refractivity contribution >= 4 is 72.7 Å². The van der Waals surface area contributed by atoms with Crippen molar-refractivity contribution in [2.45, 2.75) is 0 Å². The number of halogens is 2. The van der Waals surface area contributed by atoms with Gasteiger partial charge in [0.1, 0.15) is 23.1 Å². The number of aromatic nitrogens is 1. The van der Waals surface area contributed by atoms with Crippen molar-refractivity contribution in [3.8, 4) is 17.2 Å². The van der Waals surface area contributed by atoms with E-state index >= 15 is 0 Å². The van der Waals surface area contributed by atoms with E-state index in [1.807, 2.05) is 6.07 Å². The van der Waals surface area contributed by atoms with Crippen molar-refractivity contribution in [1.82, 2.24) is 4.57 Å². The maximum Gasteiger partial charge on any atom is 0.257 e. The number of nitrogens with zero attached hydrogens (tertiary/aromatic N) is 2. The van der Waals surface area contributed by atoms with Crippen LogP contribution in [-0.4, -0.2) is 11.3 Å². The lowest BCUT2D eigenvalue weighted by Gasteiger charge is -2.40. The second-order valence-electron chi connectivity index (χ2n) is 12.0. The summed E-state index contributed by atoms with van der Waals surface area (Å²) < 4.78 is 38.1. The minimum absolute atomic E-state index is 0.0635. The maximum atomic E-state index is 14.6. The molecule has 3 heterocycles. The van der Waals surface area contributed by atoms with E-state index in [9.17, 15) is 8.78 Å². The minimum atomic E-state index is -0.363. The van der Waals surface area contributed by atoms with E-state index in [-0.39, 0.29) is 18.3 Å². The predicted octanol–water partition coefficient (Wildman–Crippen LogP) is 8.62. The van der Waals surface area contributed by atoms with Crippen LogP contribution < -0.4 is 26.0 Å². The Morgan fingerprint density at radius 1 is 0.500 bits per heavy atom. The third kappa shape index (κ3) is 3.47. The van der Waals surface area contributed by atoms with E-state index in [1.54, 1.807) is 12.1 Å². The SMILES string of the molecule is Fc1ccc2c(c1)c1cc(F)ccc1n2-c1cc2c3c(c1)N(c1ccccc1)c1ccccc1B3c1c(ccc3ccccc13)O2. The Bertz CT molecular complexity index is 2500. The van der Waals surface area contributed by atoms with Crippen molar-refractivity contribution in [1.29, 1.82) is 0 Å². The average Bonchev–Trinajstić information content (AvgIpc) is 3.40. The fourth-order valence-corrected chi connectivity index (χ4v) is 7.69. The highest BCUT2D eigenvalue weighted by molar-refractivity contribution is 7.00. The van der Waals surface area contributed by atoms with E-state index < -0.39 is 0 Å². The van der Waals surface area contributed by atoms with Crippen LogP contribution >= 0.6 is 0 Å². The van der Waals surface area contributed by atoms with E-state index in [0.29, 0.717) is 10.8 Å². The van der Waals surface area contributed by atoms with Crippen LogP contribution in [-0.2, 0) is 0 Å². The monoisotopic (exact) mass is 596 g/mol. The highest BCUT2D eigenvalue weighted by Gasteiger charge is 2.43. The summed E-state index contributed by atoms with van der Waals surface area (Å²) in [5.74, 6) is 0.861. The van der Waals surface area contributed by atoms with Gasteiger partial charge in [-0.1, -0.05) is 66.7 Å². The molecule has 0 fully saturated rings. The first-order chi connectivity index (χ1) is 22.6. The molecule has 6 heteroatoms. The van der Waals surface area contributed by atoms with Crippen LogP contribution in [0.2, 0.25) is 0 Å². The summed E-state index contributed by atoms with van der Waals surface area (Å²) >= 11 is 0. The van der Waals surface area contributed by atoms with Gasteiger partial charge in [0.15, 0.2) is 0 Å². The lowest BCUT2D eigenvalue weighted by atomic mass is 9.33. The number of fused-ring (bicyclic) bond motifs is 9. The first-order valence-electron chi connectivity index (χ1n) is 15.4. The third-order valence-electron chi connectivity index (χ3n) is 9.52. The van der Waals surface area contributed by atoms with Crippen molar-refractivity contribution in [3.63, 3.8) is 0 Å². The molecule has 10 rings (SSSR count). The molecule has 46 heavy (non-hydrogen) atoms. The first kappa shape index (κ1) is 25.5. The molecule has 8 aromatic rings. The Hall–Kier alpha value is -5.88. The number of para-hydroxylation sites is 2. The second kappa shape index (κ2) is 9.32. The molecule has 0 atom stereocenters. The molecule has 3 nitrogen and oxygen atoms in total. The lowest BCUT2D eigenvalue weighted by molar-refractivity contribution is 0.488. The quantitative estimate of drug-likeness (QED) is 0.186. The van der Waals surface area contributed by atoms with Crippen molar-refractivity contribution < 1.29 is 13.5 Å². The molecule has 0 N–H and O–H groups in total. The Kier molecular flexibility index (Phi) is 5.16. The van der Waals surface area contributed by atoms with Crippen LogP contribution in [0.15, 0.2) is 140 Å². The van der Waals surface area contributed by atoms with E-state index in [1.165, 1.54) is 40.5 Å². The van der Waals surface area contributed by atoms with Gasteiger partial charge in [-0.05, 0) is 93.9 Å². The highest BCUT2D eigenvalue weighted by Crippen LogP contribution is 2.44. The minimum Gasteiger partial charge on any atom is -0.458 e. The first-order valence-corrected chi connectivity index (χ1v) is 15.4. The average molecular weight is 596 g/mol. The number of hydrogen-bond acceptors (Lipinski definition) is 2. The van der Waals surface area contributed by atoms with Crippen LogP contribution in [0.25, 0.3) is 38.3 Å². The smallest absolute Gasteiger partial charge is 0.257 e. The predicted molar refractivity (Wildman–Crippen MR) is 184 cm³/mol. The van der Waals surface area contributed by atoms with Gasteiger partial charge in [-0.25, -0.2) is 8.78 Å². The van der Waals surface area contributed by atoms with Crippen molar-refractivity contribution in [2.24, 2.45) is 0 Å². The molecule has 0 saturated carbocycles. The summed E-state index contributed by atoms with van der Waals surface area (Å²) in [7, 11) is 0. The van der Waals surface area contributed by atoms with E-state index in [4.69, 9.17) is 4.74 Å². The third-order valence-corrected chi connectivity index (χ3v) is 9.52. The summed E-state index contributed by atoms with van der Waals surface area (Å²) in [5.41, 5.74) is 9.00.